The fourth-order valence-electron chi connectivity index (χ4n) is 3.62. The van der Waals surface area contributed by atoms with Gasteiger partial charge >= 0.3 is 0 Å². The number of nitrogens with one attached hydrogen (secondary N) is 1. The van der Waals surface area contributed by atoms with Gasteiger partial charge in [-0.3, -0.25) is 15.5 Å². The number of Topliss-reactive ketones (excluding diaryl/α,β-unsaturated/α-hetero) is 1. The number of carbonyl (C=O) groups is 1. The number of carbonyl (C=O) groups excluding carboxylic acids is 1. The van der Waals surface area contributed by atoms with E-state index in [-0.39, 0.29) is 24.0 Å². The molecule has 1 aliphatic carbocycles. The van der Waals surface area contributed by atoms with Crippen molar-refractivity contribution in [3.8, 4) is 0 Å². The smallest absolute Gasteiger partial charge is 0.182 e. The highest BCUT2D eigenvalue weighted by molar-refractivity contribution is 5.98. The number of ketones is 1. The van der Waals surface area contributed by atoms with Gasteiger partial charge in [-0.25, -0.2) is 14.0 Å². The molecule has 0 bridgehead atoms. The van der Waals surface area contributed by atoms with Gasteiger partial charge in [0.2, 0.25) is 0 Å². The Hall–Kier alpha value is -2.65. The standard InChI is InChI=1S/C21H27FN4O4/c1-14-11-16(8-9-18(14)22)23-21(24-28)20-19(25-30-26-20)13-29-10-4-7-17(27)12-15-5-2-3-6-15/h8-9,11,15,28H,2-7,10,12-13H2,1H3,(H,23,24). The van der Waals surface area contributed by atoms with E-state index in [1.165, 1.54) is 37.8 Å². The normalized spacial score (nSPS) is 15.0. The molecule has 0 saturated heterocycles. The molecule has 9 heteroatoms. The maximum Gasteiger partial charge on any atom is 0.182 e. The highest BCUT2D eigenvalue weighted by atomic mass is 19.1. The van der Waals surface area contributed by atoms with Crippen LogP contribution in [-0.2, 0) is 16.1 Å². The first-order chi connectivity index (χ1) is 14.6. The monoisotopic (exact) mass is 418 g/mol. The van der Waals surface area contributed by atoms with E-state index in [2.05, 4.69) is 15.3 Å². The summed E-state index contributed by atoms with van der Waals surface area (Å²) in [5.41, 5.74) is 3.38. The first-order valence-electron chi connectivity index (χ1n) is 10.2. The number of ether oxygens (including phenoxy) is 1. The number of hydroxylamine groups is 1. The number of hydrogen-bond acceptors (Lipinski definition) is 7. The largest absolute Gasteiger partial charge is 0.375 e. The Morgan fingerprint density at radius 2 is 2.17 bits per heavy atom. The van der Waals surface area contributed by atoms with Crippen LogP contribution in [0.5, 0.6) is 0 Å². The summed E-state index contributed by atoms with van der Waals surface area (Å²) in [6.45, 7) is 2.12. The Labute approximate surface area is 174 Å². The van der Waals surface area contributed by atoms with E-state index in [0.29, 0.717) is 54.5 Å². The zero-order valence-electron chi connectivity index (χ0n) is 17.1. The van der Waals surface area contributed by atoms with E-state index in [1.54, 1.807) is 13.0 Å². The Bertz CT molecular complexity index is 878. The van der Waals surface area contributed by atoms with Crippen LogP contribution in [0.1, 0.15) is 61.9 Å². The molecule has 0 atom stereocenters. The second-order valence-electron chi connectivity index (χ2n) is 7.61. The van der Waals surface area contributed by atoms with Crippen molar-refractivity contribution >= 4 is 17.3 Å². The van der Waals surface area contributed by atoms with Gasteiger partial charge in [0.1, 0.15) is 17.3 Å². The highest BCUT2D eigenvalue weighted by Gasteiger charge is 2.19. The number of aromatic nitrogens is 2. The van der Waals surface area contributed by atoms with E-state index >= 15 is 0 Å². The summed E-state index contributed by atoms with van der Waals surface area (Å²) in [6.07, 6.45) is 6.65. The predicted octanol–water partition coefficient (Wildman–Crippen LogP) is 4.02. The molecule has 162 valence electrons. The topological polar surface area (TPSA) is 110 Å². The van der Waals surface area contributed by atoms with Crippen LogP contribution in [0.15, 0.2) is 27.8 Å². The fourth-order valence-corrected chi connectivity index (χ4v) is 3.62. The van der Waals surface area contributed by atoms with Crippen molar-refractivity contribution in [2.75, 3.05) is 6.61 Å². The third-order valence-corrected chi connectivity index (χ3v) is 5.24. The zero-order valence-corrected chi connectivity index (χ0v) is 17.1. The maximum absolute atomic E-state index is 13.4. The molecule has 1 fully saturated rings. The molecule has 30 heavy (non-hydrogen) atoms. The lowest BCUT2D eigenvalue weighted by molar-refractivity contribution is -0.120. The Kier molecular flexibility index (Phi) is 8.04. The minimum Gasteiger partial charge on any atom is -0.375 e. The third-order valence-electron chi connectivity index (χ3n) is 5.24. The number of rotatable bonds is 10. The van der Waals surface area contributed by atoms with Gasteiger partial charge in [0.15, 0.2) is 11.5 Å². The van der Waals surface area contributed by atoms with E-state index < -0.39 is 0 Å². The molecule has 0 unspecified atom stereocenters. The van der Waals surface area contributed by atoms with Gasteiger partial charge in [-0.05, 0) is 48.2 Å². The molecular weight excluding hydrogens is 391 g/mol. The van der Waals surface area contributed by atoms with Crippen LogP contribution < -0.4 is 5.48 Å². The lowest BCUT2D eigenvalue weighted by atomic mass is 9.99. The van der Waals surface area contributed by atoms with Gasteiger partial charge in [0, 0.05) is 19.4 Å². The molecule has 8 nitrogen and oxygen atoms in total. The Morgan fingerprint density at radius 1 is 1.37 bits per heavy atom. The minimum absolute atomic E-state index is 0.00704. The minimum atomic E-state index is -0.341. The van der Waals surface area contributed by atoms with Crippen molar-refractivity contribution in [1.82, 2.24) is 15.8 Å². The van der Waals surface area contributed by atoms with E-state index in [1.807, 2.05) is 5.48 Å². The summed E-state index contributed by atoms with van der Waals surface area (Å²) < 4.78 is 23.8. The predicted molar refractivity (Wildman–Crippen MR) is 107 cm³/mol. The molecule has 3 rings (SSSR count). The van der Waals surface area contributed by atoms with Crippen molar-refractivity contribution in [3.05, 3.63) is 41.0 Å². The molecule has 1 aliphatic rings. The van der Waals surface area contributed by atoms with Gasteiger partial charge in [-0.1, -0.05) is 30.8 Å². The number of nitrogens with zero attached hydrogens (tertiary/aromatic N) is 3. The molecule has 0 radical (unpaired) electrons. The number of amidine groups is 1. The van der Waals surface area contributed by atoms with Crippen LogP contribution in [0.4, 0.5) is 10.1 Å². The third kappa shape index (κ3) is 6.17. The van der Waals surface area contributed by atoms with Crippen molar-refractivity contribution in [2.45, 2.75) is 58.5 Å². The molecule has 1 aromatic heterocycles. The molecular formula is C21H27FN4O4. The zero-order chi connectivity index (χ0) is 21.3. The van der Waals surface area contributed by atoms with Gasteiger partial charge < -0.3 is 4.74 Å². The van der Waals surface area contributed by atoms with Crippen molar-refractivity contribution in [1.29, 1.82) is 0 Å². The summed E-state index contributed by atoms with van der Waals surface area (Å²) >= 11 is 0. The van der Waals surface area contributed by atoms with Crippen LogP contribution in [0.25, 0.3) is 0 Å². The van der Waals surface area contributed by atoms with Gasteiger partial charge in [0.05, 0.1) is 12.3 Å². The van der Waals surface area contributed by atoms with Crippen LogP contribution in [-0.4, -0.2) is 33.7 Å². The van der Waals surface area contributed by atoms with E-state index in [9.17, 15) is 14.4 Å². The molecule has 1 heterocycles. The number of aryl methyl sites for hydroxylation is 1. The highest BCUT2D eigenvalue weighted by Crippen LogP contribution is 2.28. The summed E-state index contributed by atoms with van der Waals surface area (Å²) in [4.78, 5) is 16.2. The quantitative estimate of drug-likeness (QED) is 0.259. The first kappa shape index (κ1) is 22.0. The fraction of sp³-hybridized carbons (Fsp3) is 0.524. The summed E-state index contributed by atoms with van der Waals surface area (Å²) in [6, 6.07) is 4.31. The number of hydrogen-bond donors (Lipinski definition) is 2. The van der Waals surface area contributed by atoms with Crippen molar-refractivity contribution < 1.29 is 23.8 Å². The average Bonchev–Trinajstić information content (AvgIpc) is 3.40. The van der Waals surface area contributed by atoms with Crippen LogP contribution >= 0.6 is 0 Å². The average molecular weight is 418 g/mol. The number of benzene rings is 1. The van der Waals surface area contributed by atoms with E-state index in [4.69, 9.17) is 9.37 Å². The molecule has 0 amide bonds. The van der Waals surface area contributed by atoms with Crippen molar-refractivity contribution in [3.63, 3.8) is 0 Å². The summed E-state index contributed by atoms with van der Waals surface area (Å²) in [5.74, 6) is 0.525. The van der Waals surface area contributed by atoms with Gasteiger partial charge in [0.25, 0.3) is 0 Å². The van der Waals surface area contributed by atoms with Crippen LogP contribution in [0, 0.1) is 18.7 Å². The molecule has 1 saturated carbocycles. The van der Waals surface area contributed by atoms with Gasteiger partial charge in [-0.15, -0.1) is 0 Å². The lowest BCUT2D eigenvalue weighted by Crippen LogP contribution is -2.22. The second-order valence-corrected chi connectivity index (χ2v) is 7.61. The number of halogens is 1. The summed E-state index contributed by atoms with van der Waals surface area (Å²) in [5, 5.41) is 17.0. The Morgan fingerprint density at radius 3 is 2.90 bits per heavy atom. The molecule has 2 N–H and O–H groups in total. The van der Waals surface area contributed by atoms with E-state index in [0.717, 1.165) is 0 Å². The van der Waals surface area contributed by atoms with Crippen LogP contribution in [0.2, 0.25) is 0 Å². The maximum atomic E-state index is 13.4. The first-order valence-corrected chi connectivity index (χ1v) is 10.2. The molecule has 0 spiro atoms. The second kappa shape index (κ2) is 10.9. The summed E-state index contributed by atoms with van der Waals surface area (Å²) in [7, 11) is 0. The van der Waals surface area contributed by atoms with Crippen LogP contribution in [0.3, 0.4) is 0 Å². The number of aliphatic imine (C=N–C) groups is 1. The Balaban J connectivity index is 1.49. The molecule has 0 aliphatic heterocycles. The molecule has 2 aromatic rings. The lowest BCUT2D eigenvalue weighted by Gasteiger charge is -2.08. The van der Waals surface area contributed by atoms with Gasteiger partial charge in [-0.2, -0.15) is 0 Å². The molecule has 1 aromatic carbocycles. The SMILES string of the molecule is Cc1cc(N=C(NO)c2nonc2COCCCC(=O)CC2CCCC2)ccc1F. The van der Waals surface area contributed by atoms with Crippen molar-refractivity contribution in [2.24, 2.45) is 10.9 Å².